The van der Waals surface area contributed by atoms with Crippen molar-refractivity contribution in [2.45, 2.75) is 43.0 Å². The Hall–Kier alpha value is -3.47. The second kappa shape index (κ2) is 11.1. The third kappa shape index (κ3) is 6.69. The van der Waals surface area contributed by atoms with Crippen molar-refractivity contribution in [3.63, 3.8) is 0 Å². The molecule has 2 aliphatic rings. The van der Waals surface area contributed by atoms with E-state index in [4.69, 9.17) is 5.26 Å². The van der Waals surface area contributed by atoms with Crippen LogP contribution in [0.5, 0.6) is 0 Å². The summed E-state index contributed by atoms with van der Waals surface area (Å²) in [6.07, 6.45) is -6.30. The van der Waals surface area contributed by atoms with Crippen LogP contribution in [-0.4, -0.2) is 50.9 Å². The van der Waals surface area contributed by atoms with E-state index in [0.29, 0.717) is 49.2 Å². The maximum absolute atomic E-state index is 13.0. The van der Waals surface area contributed by atoms with Crippen LogP contribution in [-0.2, 0) is 32.6 Å². The zero-order valence-electron chi connectivity index (χ0n) is 20.2. The monoisotopic (exact) mass is 549 g/mol. The third-order valence-corrected chi connectivity index (χ3v) is 7.93. The van der Waals surface area contributed by atoms with Crippen LogP contribution in [0.1, 0.15) is 41.3 Å². The van der Waals surface area contributed by atoms with Crippen molar-refractivity contribution in [2.24, 2.45) is 5.92 Å². The van der Waals surface area contributed by atoms with Crippen molar-refractivity contribution >= 4 is 21.8 Å². The number of sulfonamides is 1. The van der Waals surface area contributed by atoms with E-state index in [2.05, 4.69) is 21.4 Å². The summed E-state index contributed by atoms with van der Waals surface area (Å²) in [6, 6.07) is 13.3. The molecule has 9 nitrogen and oxygen atoms in total. The SMILES string of the molecule is N#Cc1cccc(CN2CC[C@@H](CNS(=O)(=O)c3ccc4c(c3)C(NC(=O)CC(F)(F)F)NCC4)C2=O)c1. The average Bonchev–Trinajstić information content (AvgIpc) is 3.20. The number of benzene rings is 2. The Morgan fingerprint density at radius 1 is 1.21 bits per heavy atom. The second-order valence-corrected chi connectivity index (χ2v) is 11.0. The number of hydrogen-bond acceptors (Lipinski definition) is 6. The molecule has 2 amide bonds. The van der Waals surface area contributed by atoms with Gasteiger partial charge in [0.05, 0.1) is 22.4 Å². The molecule has 2 aromatic carbocycles. The molecule has 2 aromatic rings. The number of hydrogen-bond donors (Lipinski definition) is 3. The number of nitrogens with zero attached hydrogens (tertiary/aromatic N) is 2. The lowest BCUT2D eigenvalue weighted by atomic mass is 9.98. The van der Waals surface area contributed by atoms with E-state index < -0.39 is 40.6 Å². The fraction of sp³-hybridized carbons (Fsp3) is 0.400. The summed E-state index contributed by atoms with van der Waals surface area (Å²) in [5, 5.41) is 14.2. The fourth-order valence-corrected chi connectivity index (χ4v) is 5.74. The van der Waals surface area contributed by atoms with Gasteiger partial charge in [-0.05, 0) is 53.8 Å². The van der Waals surface area contributed by atoms with Crippen molar-refractivity contribution in [1.82, 2.24) is 20.3 Å². The topological polar surface area (TPSA) is 131 Å². The van der Waals surface area contributed by atoms with Crippen molar-refractivity contribution in [3.05, 3.63) is 64.7 Å². The average molecular weight is 550 g/mol. The van der Waals surface area contributed by atoms with E-state index in [-0.39, 0.29) is 17.3 Å². The fourth-order valence-electron chi connectivity index (χ4n) is 4.62. The summed E-state index contributed by atoms with van der Waals surface area (Å²) in [4.78, 5) is 26.2. The van der Waals surface area contributed by atoms with Crippen molar-refractivity contribution in [2.75, 3.05) is 19.6 Å². The van der Waals surface area contributed by atoms with Crippen LogP contribution in [0.15, 0.2) is 47.4 Å². The number of nitrogens with one attached hydrogen (secondary N) is 3. The molecule has 202 valence electrons. The molecule has 3 N–H and O–H groups in total. The molecule has 4 rings (SSSR count). The molecule has 1 fully saturated rings. The van der Waals surface area contributed by atoms with Crippen LogP contribution in [0.3, 0.4) is 0 Å². The largest absolute Gasteiger partial charge is 0.397 e. The highest BCUT2D eigenvalue weighted by Crippen LogP contribution is 2.27. The number of rotatable bonds is 8. The van der Waals surface area contributed by atoms with Gasteiger partial charge in [0.15, 0.2) is 0 Å². The summed E-state index contributed by atoms with van der Waals surface area (Å²) in [5.74, 6) is -1.98. The number of fused-ring (bicyclic) bond motifs is 1. The van der Waals surface area contributed by atoms with Gasteiger partial charge in [-0.3, -0.25) is 14.9 Å². The van der Waals surface area contributed by atoms with Gasteiger partial charge in [0.2, 0.25) is 21.8 Å². The lowest BCUT2D eigenvalue weighted by Crippen LogP contribution is -2.43. The zero-order valence-corrected chi connectivity index (χ0v) is 21.0. The van der Waals surface area contributed by atoms with Gasteiger partial charge in [-0.15, -0.1) is 0 Å². The van der Waals surface area contributed by atoms with Crippen molar-refractivity contribution in [1.29, 1.82) is 5.26 Å². The van der Waals surface area contributed by atoms with Crippen molar-refractivity contribution < 1.29 is 31.2 Å². The summed E-state index contributed by atoms with van der Waals surface area (Å²) in [5.41, 5.74) is 2.37. The van der Waals surface area contributed by atoms with Gasteiger partial charge < -0.3 is 10.2 Å². The molecule has 0 aliphatic carbocycles. The third-order valence-electron chi connectivity index (χ3n) is 6.51. The number of nitriles is 1. The maximum Gasteiger partial charge on any atom is 0.397 e. The summed E-state index contributed by atoms with van der Waals surface area (Å²) in [7, 11) is -4.05. The molecule has 2 aliphatic heterocycles. The number of likely N-dealkylation sites (tertiary alicyclic amines) is 1. The molecular formula is C25H26F3N5O4S. The highest BCUT2D eigenvalue weighted by Gasteiger charge is 2.34. The Morgan fingerprint density at radius 3 is 2.74 bits per heavy atom. The number of alkyl halides is 3. The Balaban J connectivity index is 1.40. The molecule has 2 heterocycles. The Bertz CT molecular complexity index is 1370. The van der Waals surface area contributed by atoms with E-state index in [9.17, 15) is 31.2 Å². The minimum Gasteiger partial charge on any atom is -0.338 e. The van der Waals surface area contributed by atoms with Gasteiger partial charge in [-0.25, -0.2) is 13.1 Å². The first-order chi connectivity index (χ1) is 17.9. The Kier molecular flexibility index (Phi) is 8.05. The minimum absolute atomic E-state index is 0.114. The van der Waals surface area contributed by atoms with Gasteiger partial charge in [0.25, 0.3) is 0 Å². The van der Waals surface area contributed by atoms with Crippen LogP contribution < -0.4 is 15.4 Å². The molecular weight excluding hydrogens is 523 g/mol. The van der Waals surface area contributed by atoms with Crippen LogP contribution in [0.2, 0.25) is 0 Å². The van der Waals surface area contributed by atoms with Gasteiger partial charge in [-0.2, -0.15) is 18.4 Å². The maximum atomic E-state index is 13.0. The van der Waals surface area contributed by atoms with Crippen LogP contribution in [0, 0.1) is 17.2 Å². The van der Waals surface area contributed by atoms with Gasteiger partial charge in [0.1, 0.15) is 12.6 Å². The first-order valence-corrected chi connectivity index (χ1v) is 13.4. The van der Waals surface area contributed by atoms with E-state index in [0.717, 1.165) is 5.56 Å². The van der Waals surface area contributed by atoms with E-state index >= 15 is 0 Å². The predicted octanol–water partition coefficient (Wildman–Crippen LogP) is 2.10. The van der Waals surface area contributed by atoms with Crippen LogP contribution in [0.4, 0.5) is 13.2 Å². The molecule has 0 radical (unpaired) electrons. The quantitative estimate of drug-likeness (QED) is 0.462. The number of carbonyl (C=O) groups is 2. The molecule has 0 aromatic heterocycles. The smallest absolute Gasteiger partial charge is 0.338 e. The van der Waals surface area contributed by atoms with Crippen molar-refractivity contribution in [3.8, 4) is 6.07 Å². The van der Waals surface area contributed by atoms with Crippen LogP contribution in [0.25, 0.3) is 0 Å². The molecule has 0 saturated carbocycles. The molecule has 13 heteroatoms. The lowest BCUT2D eigenvalue weighted by Gasteiger charge is -2.28. The van der Waals surface area contributed by atoms with E-state index in [1.807, 2.05) is 6.07 Å². The lowest BCUT2D eigenvalue weighted by molar-refractivity contribution is -0.154. The van der Waals surface area contributed by atoms with E-state index in [1.165, 1.54) is 12.1 Å². The Morgan fingerprint density at radius 2 is 2.00 bits per heavy atom. The molecule has 0 spiro atoms. The Labute approximate surface area is 218 Å². The molecule has 38 heavy (non-hydrogen) atoms. The molecule has 2 atom stereocenters. The highest BCUT2D eigenvalue weighted by molar-refractivity contribution is 7.89. The summed E-state index contributed by atoms with van der Waals surface area (Å²) >= 11 is 0. The summed E-state index contributed by atoms with van der Waals surface area (Å²) < 4.78 is 66.2. The highest BCUT2D eigenvalue weighted by atomic mass is 32.2. The molecule has 1 saturated heterocycles. The first-order valence-electron chi connectivity index (χ1n) is 11.9. The van der Waals surface area contributed by atoms with Crippen LogP contribution >= 0.6 is 0 Å². The normalized spacial score (nSPS) is 19.6. The predicted molar refractivity (Wildman–Crippen MR) is 130 cm³/mol. The number of carbonyl (C=O) groups excluding carboxylic acids is 2. The number of halogens is 3. The van der Waals surface area contributed by atoms with Gasteiger partial charge in [-0.1, -0.05) is 18.2 Å². The second-order valence-electron chi connectivity index (χ2n) is 9.27. The molecule has 1 unspecified atom stereocenters. The zero-order chi connectivity index (χ0) is 27.5. The molecule has 0 bridgehead atoms. The minimum atomic E-state index is -4.66. The number of amides is 2. The first kappa shape index (κ1) is 27.6. The van der Waals surface area contributed by atoms with E-state index in [1.54, 1.807) is 29.2 Å². The van der Waals surface area contributed by atoms with Gasteiger partial charge in [0, 0.05) is 26.2 Å². The summed E-state index contributed by atoms with van der Waals surface area (Å²) in [6.45, 7) is 1.05. The van der Waals surface area contributed by atoms with Gasteiger partial charge >= 0.3 is 6.18 Å². The standard InChI is InChI=1S/C25H26F3N5O4S/c26-25(27,28)12-22(34)32-23-21-11-20(5-4-18(21)6-8-30-23)38(36,37)31-14-19-7-9-33(24(19)35)15-17-3-1-2-16(10-17)13-29/h1-5,10-11,19,23,30-31H,6-9,12,14-15H2,(H,32,34)/t19-,23?/m0/s1.